The molecule has 0 bridgehead atoms. The van der Waals surface area contributed by atoms with E-state index in [9.17, 15) is 9.00 Å². The standard InChI is InChI=1S/C26H31N3O4S/c1-20-24(18-21-6-3-2-4-7-21)28-19-29(20)14-5-15-33-22-8-10-23(11-9-22)34(31)26(25(27)30)12-16-32-17-13-26/h2-4,6-11,18,28H,1,5,12-17,19H2,(H2,27,30)/b24-18-. The maximum Gasteiger partial charge on any atom is 0.236 e. The summed E-state index contributed by atoms with van der Waals surface area (Å²) in [7, 11) is -1.54. The number of hydrogen-bond donors (Lipinski definition) is 2. The predicted molar refractivity (Wildman–Crippen MR) is 133 cm³/mol. The summed E-state index contributed by atoms with van der Waals surface area (Å²) in [5.41, 5.74) is 8.78. The summed E-state index contributed by atoms with van der Waals surface area (Å²) in [5.74, 6) is 0.165. The number of rotatable bonds is 9. The van der Waals surface area contributed by atoms with Gasteiger partial charge in [0.15, 0.2) is 0 Å². The molecule has 34 heavy (non-hydrogen) atoms. The van der Waals surface area contributed by atoms with Crippen molar-refractivity contribution in [3.05, 3.63) is 78.1 Å². The van der Waals surface area contributed by atoms with Gasteiger partial charge in [-0.25, -0.2) is 0 Å². The minimum Gasteiger partial charge on any atom is -0.494 e. The largest absolute Gasteiger partial charge is 0.494 e. The van der Waals surface area contributed by atoms with Gasteiger partial charge in [-0.3, -0.25) is 9.00 Å². The van der Waals surface area contributed by atoms with E-state index in [0.717, 1.165) is 36.6 Å². The van der Waals surface area contributed by atoms with Gasteiger partial charge in [-0.1, -0.05) is 36.9 Å². The molecule has 0 radical (unpaired) electrons. The average molecular weight is 482 g/mol. The Bertz CT molecular complexity index is 1060. The van der Waals surface area contributed by atoms with E-state index in [1.807, 2.05) is 18.2 Å². The van der Waals surface area contributed by atoms with Crippen LogP contribution in [-0.4, -0.2) is 52.8 Å². The van der Waals surface area contributed by atoms with E-state index in [4.69, 9.17) is 15.2 Å². The maximum absolute atomic E-state index is 13.1. The van der Waals surface area contributed by atoms with E-state index in [1.165, 1.54) is 0 Å². The lowest BCUT2D eigenvalue weighted by molar-refractivity contribution is -0.122. The van der Waals surface area contributed by atoms with E-state index in [0.29, 0.717) is 43.3 Å². The molecular formula is C26H31N3O4S. The lowest BCUT2D eigenvalue weighted by atomic mass is 9.98. The van der Waals surface area contributed by atoms with Gasteiger partial charge in [0.05, 0.1) is 35.5 Å². The van der Waals surface area contributed by atoms with Gasteiger partial charge in [-0.2, -0.15) is 0 Å². The van der Waals surface area contributed by atoms with Crippen LogP contribution < -0.4 is 15.8 Å². The lowest BCUT2D eigenvalue weighted by Gasteiger charge is -2.33. The highest BCUT2D eigenvalue weighted by Gasteiger charge is 2.45. The van der Waals surface area contributed by atoms with E-state index < -0.39 is 21.5 Å². The molecule has 2 heterocycles. The molecule has 1 amide bonds. The number of benzene rings is 2. The summed E-state index contributed by atoms with van der Waals surface area (Å²) in [6.45, 7) is 7.09. The highest BCUT2D eigenvalue weighted by molar-refractivity contribution is 7.87. The Morgan fingerprint density at radius 2 is 1.88 bits per heavy atom. The van der Waals surface area contributed by atoms with Crippen LogP contribution in [-0.2, 0) is 20.3 Å². The van der Waals surface area contributed by atoms with Crippen LogP contribution in [0.15, 0.2) is 77.5 Å². The van der Waals surface area contributed by atoms with Gasteiger partial charge in [0.2, 0.25) is 5.91 Å². The van der Waals surface area contributed by atoms with Crippen molar-refractivity contribution < 1.29 is 18.5 Å². The molecule has 2 aromatic carbocycles. The van der Waals surface area contributed by atoms with Crippen molar-refractivity contribution in [3.8, 4) is 5.75 Å². The van der Waals surface area contributed by atoms with Gasteiger partial charge >= 0.3 is 0 Å². The number of carbonyl (C=O) groups is 1. The van der Waals surface area contributed by atoms with E-state index >= 15 is 0 Å². The predicted octanol–water partition coefficient (Wildman–Crippen LogP) is 3.02. The minimum atomic E-state index is -1.54. The monoisotopic (exact) mass is 481 g/mol. The third-order valence-corrected chi connectivity index (χ3v) is 8.27. The van der Waals surface area contributed by atoms with Crippen molar-refractivity contribution in [3.63, 3.8) is 0 Å². The molecule has 7 nitrogen and oxygen atoms in total. The lowest BCUT2D eigenvalue weighted by Crippen LogP contribution is -2.51. The van der Waals surface area contributed by atoms with Crippen molar-refractivity contribution in [1.29, 1.82) is 0 Å². The average Bonchev–Trinajstić information content (AvgIpc) is 3.21. The molecule has 0 aliphatic carbocycles. The van der Waals surface area contributed by atoms with Crippen molar-refractivity contribution in [1.82, 2.24) is 10.2 Å². The number of hydrogen-bond acceptors (Lipinski definition) is 6. The molecule has 2 fully saturated rings. The van der Waals surface area contributed by atoms with E-state index in [1.54, 1.807) is 24.3 Å². The Labute approximate surface area is 203 Å². The van der Waals surface area contributed by atoms with Gasteiger partial charge in [-0.15, -0.1) is 0 Å². The zero-order valence-corrected chi connectivity index (χ0v) is 20.0. The first-order valence-corrected chi connectivity index (χ1v) is 12.6. The van der Waals surface area contributed by atoms with Crippen LogP contribution in [0.2, 0.25) is 0 Å². The molecule has 2 saturated heterocycles. The SMILES string of the molecule is C=C1/C(=C/c2ccccc2)NCN1CCCOc1ccc(S(=O)C2(C(N)=O)CCOCC2)cc1. The quantitative estimate of drug-likeness (QED) is 0.535. The summed E-state index contributed by atoms with van der Waals surface area (Å²) in [6, 6.07) is 17.2. The number of nitrogens with one attached hydrogen (secondary N) is 1. The van der Waals surface area contributed by atoms with Gasteiger partial charge in [-0.05, 0) is 55.2 Å². The Kier molecular flexibility index (Phi) is 7.70. The molecule has 2 aliphatic heterocycles. The number of nitrogens with zero attached hydrogens (tertiary/aromatic N) is 1. The Balaban J connectivity index is 1.26. The first-order chi connectivity index (χ1) is 16.5. The maximum atomic E-state index is 13.1. The summed E-state index contributed by atoms with van der Waals surface area (Å²) >= 11 is 0. The van der Waals surface area contributed by atoms with Crippen LogP contribution in [0.1, 0.15) is 24.8 Å². The fourth-order valence-electron chi connectivity index (χ4n) is 4.17. The number of primary amides is 1. The Morgan fingerprint density at radius 3 is 2.56 bits per heavy atom. The number of amides is 1. The second-order valence-electron chi connectivity index (χ2n) is 8.43. The first-order valence-electron chi connectivity index (χ1n) is 11.5. The van der Waals surface area contributed by atoms with Gasteiger partial charge in [0.1, 0.15) is 10.5 Å². The second kappa shape index (κ2) is 10.9. The molecular weight excluding hydrogens is 450 g/mol. The van der Waals surface area contributed by atoms with Gasteiger partial charge < -0.3 is 25.4 Å². The highest BCUT2D eigenvalue weighted by Crippen LogP contribution is 2.32. The Morgan fingerprint density at radius 1 is 1.18 bits per heavy atom. The summed E-state index contributed by atoms with van der Waals surface area (Å²) in [5, 5.41) is 3.40. The van der Waals surface area contributed by atoms with Crippen LogP contribution in [0, 0.1) is 0 Å². The molecule has 3 N–H and O–H groups in total. The number of nitrogens with two attached hydrogens (primary N) is 1. The van der Waals surface area contributed by atoms with Crippen molar-refractivity contribution >= 4 is 22.8 Å². The normalized spacial score (nSPS) is 19.6. The molecule has 1 unspecified atom stereocenters. The second-order valence-corrected chi connectivity index (χ2v) is 10.2. The molecule has 2 aromatic rings. The van der Waals surface area contributed by atoms with Crippen LogP contribution in [0.5, 0.6) is 5.75 Å². The third kappa shape index (κ3) is 5.34. The van der Waals surface area contributed by atoms with Gasteiger partial charge in [0, 0.05) is 24.7 Å². The molecule has 0 saturated carbocycles. The molecule has 180 valence electrons. The molecule has 8 heteroatoms. The first kappa shape index (κ1) is 24.0. The minimum absolute atomic E-state index is 0.367. The van der Waals surface area contributed by atoms with Crippen LogP contribution in [0.25, 0.3) is 6.08 Å². The summed E-state index contributed by atoms with van der Waals surface area (Å²) in [6.07, 6.45) is 3.67. The zero-order valence-electron chi connectivity index (χ0n) is 19.2. The zero-order chi connectivity index (χ0) is 24.0. The molecule has 0 aromatic heterocycles. The summed E-state index contributed by atoms with van der Waals surface area (Å²) < 4.78 is 23.3. The summed E-state index contributed by atoms with van der Waals surface area (Å²) in [4.78, 5) is 14.9. The number of ether oxygens (including phenoxy) is 2. The van der Waals surface area contributed by atoms with E-state index in [2.05, 4.69) is 35.0 Å². The van der Waals surface area contributed by atoms with Crippen LogP contribution in [0.3, 0.4) is 0 Å². The number of carbonyl (C=O) groups excluding carboxylic acids is 1. The smallest absolute Gasteiger partial charge is 0.236 e. The van der Waals surface area contributed by atoms with Crippen molar-refractivity contribution in [2.24, 2.45) is 5.73 Å². The third-order valence-electron chi connectivity index (χ3n) is 6.25. The van der Waals surface area contributed by atoms with Crippen molar-refractivity contribution in [2.75, 3.05) is 33.0 Å². The fourth-order valence-corrected chi connectivity index (χ4v) is 5.72. The molecule has 2 aliphatic rings. The van der Waals surface area contributed by atoms with Crippen LogP contribution in [0.4, 0.5) is 0 Å². The Hall–Kier alpha value is -3.10. The molecule has 4 rings (SSSR count). The highest BCUT2D eigenvalue weighted by atomic mass is 32.2. The fraction of sp³-hybridized carbons (Fsp3) is 0.346. The van der Waals surface area contributed by atoms with Crippen molar-refractivity contribution in [2.45, 2.75) is 28.9 Å². The van der Waals surface area contributed by atoms with Gasteiger partial charge in [0.25, 0.3) is 0 Å². The van der Waals surface area contributed by atoms with Crippen LogP contribution >= 0.6 is 0 Å². The van der Waals surface area contributed by atoms with E-state index in [-0.39, 0.29) is 0 Å². The topological polar surface area (TPSA) is 93.9 Å². The molecule has 0 spiro atoms. The molecule has 1 atom stereocenters.